The molecule has 0 heterocycles. The summed E-state index contributed by atoms with van der Waals surface area (Å²) in [5.41, 5.74) is 0.726. The second-order valence-electron chi connectivity index (χ2n) is 5.60. The van der Waals surface area contributed by atoms with Crippen LogP contribution >= 0.6 is 9.24 Å². The quantitative estimate of drug-likeness (QED) is 0.629. The Morgan fingerprint density at radius 1 is 1.19 bits per heavy atom. The Kier molecular flexibility index (Phi) is 6.92. The highest BCUT2D eigenvalue weighted by Gasteiger charge is 2.21. The summed E-state index contributed by atoms with van der Waals surface area (Å²) in [5.74, 6) is 0.923. The van der Waals surface area contributed by atoms with Crippen LogP contribution in [-0.4, -0.2) is 17.9 Å². The van der Waals surface area contributed by atoms with Crippen molar-refractivity contribution in [2.24, 2.45) is 5.92 Å². The lowest BCUT2D eigenvalue weighted by molar-refractivity contribution is -0.0408. The van der Waals surface area contributed by atoms with Gasteiger partial charge < -0.3 is 4.74 Å². The normalized spacial score (nSPS) is 30.0. The van der Waals surface area contributed by atoms with Gasteiger partial charge in [0.15, 0.2) is 0 Å². The fourth-order valence-corrected chi connectivity index (χ4v) is 2.65. The summed E-state index contributed by atoms with van der Waals surface area (Å²) in [6.07, 6.45) is 10.0. The average molecular weight is 244 g/mol. The molecule has 1 aliphatic carbocycles. The van der Waals surface area contributed by atoms with E-state index in [4.69, 9.17) is 4.74 Å². The Bertz CT molecular complexity index is 174. The molecule has 3 atom stereocenters. The third-order valence-electron chi connectivity index (χ3n) is 3.75. The summed E-state index contributed by atoms with van der Waals surface area (Å²) in [4.78, 5) is 0. The van der Waals surface area contributed by atoms with Gasteiger partial charge in [0.1, 0.15) is 0 Å². The molecule has 0 spiro atoms. The van der Waals surface area contributed by atoms with Crippen LogP contribution in [0.4, 0.5) is 0 Å². The molecule has 0 aromatic carbocycles. The molecular weight excluding hydrogens is 215 g/mol. The Morgan fingerprint density at radius 2 is 1.81 bits per heavy atom. The van der Waals surface area contributed by atoms with Crippen LogP contribution < -0.4 is 0 Å². The third kappa shape index (κ3) is 5.64. The molecule has 1 saturated carbocycles. The first-order valence-electron chi connectivity index (χ1n) is 7.02. The zero-order valence-corrected chi connectivity index (χ0v) is 12.4. The van der Waals surface area contributed by atoms with E-state index in [9.17, 15) is 0 Å². The van der Waals surface area contributed by atoms with Crippen LogP contribution in [0.15, 0.2) is 0 Å². The van der Waals surface area contributed by atoms with E-state index in [1.54, 1.807) is 0 Å². The van der Waals surface area contributed by atoms with E-state index < -0.39 is 0 Å². The Labute approximate surface area is 104 Å². The van der Waals surface area contributed by atoms with E-state index in [2.05, 4.69) is 30.0 Å². The van der Waals surface area contributed by atoms with Crippen LogP contribution in [0.1, 0.15) is 65.7 Å². The molecule has 0 radical (unpaired) electrons. The van der Waals surface area contributed by atoms with Crippen LogP contribution in [0.2, 0.25) is 0 Å². The third-order valence-corrected chi connectivity index (χ3v) is 4.08. The lowest BCUT2D eigenvalue weighted by Gasteiger charge is -2.30. The summed E-state index contributed by atoms with van der Waals surface area (Å²) in [5, 5.41) is 0. The zero-order valence-electron chi connectivity index (χ0n) is 11.2. The Morgan fingerprint density at radius 3 is 2.31 bits per heavy atom. The molecule has 1 rings (SSSR count). The summed E-state index contributed by atoms with van der Waals surface area (Å²) in [6.45, 7) is 6.88. The van der Waals surface area contributed by atoms with Gasteiger partial charge in [0.25, 0.3) is 0 Å². The van der Waals surface area contributed by atoms with Crippen LogP contribution in [0.25, 0.3) is 0 Å². The smallest absolute Gasteiger partial charge is 0.0579 e. The molecule has 0 N–H and O–H groups in total. The van der Waals surface area contributed by atoms with Gasteiger partial charge in [-0.15, -0.1) is 9.24 Å². The molecule has 0 aromatic rings. The van der Waals surface area contributed by atoms with Crippen LogP contribution in [-0.2, 0) is 4.74 Å². The van der Waals surface area contributed by atoms with Gasteiger partial charge in [0.05, 0.1) is 12.2 Å². The van der Waals surface area contributed by atoms with E-state index in [1.807, 2.05) is 0 Å². The molecule has 96 valence electrons. The van der Waals surface area contributed by atoms with Gasteiger partial charge in [0.2, 0.25) is 0 Å². The molecule has 0 aromatic heterocycles. The maximum Gasteiger partial charge on any atom is 0.0579 e. The Hall–Kier alpha value is 0.390. The van der Waals surface area contributed by atoms with Gasteiger partial charge in [-0.25, -0.2) is 0 Å². The fourth-order valence-electron chi connectivity index (χ4n) is 2.45. The van der Waals surface area contributed by atoms with Gasteiger partial charge in [0, 0.05) is 0 Å². The minimum absolute atomic E-state index is 0.501. The van der Waals surface area contributed by atoms with Gasteiger partial charge >= 0.3 is 0 Å². The van der Waals surface area contributed by atoms with Crippen molar-refractivity contribution >= 4 is 9.24 Å². The second-order valence-corrected chi connectivity index (χ2v) is 6.74. The molecular formula is C14H29OP. The lowest BCUT2D eigenvalue weighted by Crippen LogP contribution is -2.26. The SMILES string of the molecule is CCC(CCC(C)P)OC1CCC(C)CC1. The van der Waals surface area contributed by atoms with Gasteiger partial charge in [-0.3, -0.25) is 0 Å². The number of hydrogen-bond donors (Lipinski definition) is 0. The standard InChI is InChI=1S/C14H29OP/c1-4-13(10-7-12(3)16)15-14-8-5-11(2)6-9-14/h11-14H,4-10,16H2,1-3H3. The first-order chi connectivity index (χ1) is 7.61. The topological polar surface area (TPSA) is 9.23 Å². The molecule has 0 bridgehead atoms. The van der Waals surface area contributed by atoms with E-state index in [0.29, 0.717) is 12.2 Å². The maximum atomic E-state index is 6.23. The van der Waals surface area contributed by atoms with Gasteiger partial charge in [-0.2, -0.15) is 0 Å². The second kappa shape index (κ2) is 7.67. The number of rotatable bonds is 6. The van der Waals surface area contributed by atoms with Crippen LogP contribution in [0.5, 0.6) is 0 Å². The van der Waals surface area contributed by atoms with Crippen molar-refractivity contribution in [3.05, 3.63) is 0 Å². The van der Waals surface area contributed by atoms with E-state index in [1.165, 1.54) is 44.9 Å². The van der Waals surface area contributed by atoms with Crippen molar-refractivity contribution in [2.45, 2.75) is 83.6 Å². The first kappa shape index (κ1) is 14.5. The molecule has 1 aliphatic rings. The Balaban J connectivity index is 2.21. The molecule has 1 fully saturated rings. The average Bonchev–Trinajstić information content (AvgIpc) is 2.26. The van der Waals surface area contributed by atoms with Crippen molar-refractivity contribution in [1.82, 2.24) is 0 Å². The van der Waals surface area contributed by atoms with Gasteiger partial charge in [-0.05, 0) is 56.5 Å². The highest BCUT2D eigenvalue weighted by Crippen LogP contribution is 2.27. The first-order valence-corrected chi connectivity index (χ1v) is 7.69. The summed E-state index contributed by atoms with van der Waals surface area (Å²) in [7, 11) is 2.88. The lowest BCUT2D eigenvalue weighted by atomic mass is 9.89. The largest absolute Gasteiger partial charge is 0.375 e. The van der Waals surface area contributed by atoms with Crippen molar-refractivity contribution in [3.8, 4) is 0 Å². The molecule has 16 heavy (non-hydrogen) atoms. The number of hydrogen-bond acceptors (Lipinski definition) is 1. The van der Waals surface area contributed by atoms with E-state index >= 15 is 0 Å². The number of ether oxygens (including phenoxy) is 1. The molecule has 2 heteroatoms. The van der Waals surface area contributed by atoms with Crippen molar-refractivity contribution < 1.29 is 4.74 Å². The predicted octanol–water partition coefficient (Wildman–Crippen LogP) is 4.40. The summed E-state index contributed by atoms with van der Waals surface area (Å²) >= 11 is 0. The zero-order chi connectivity index (χ0) is 12.0. The fraction of sp³-hybridized carbons (Fsp3) is 1.00. The molecule has 0 aliphatic heterocycles. The highest BCUT2D eigenvalue weighted by molar-refractivity contribution is 7.17. The maximum absolute atomic E-state index is 6.23. The molecule has 1 nitrogen and oxygen atoms in total. The minimum Gasteiger partial charge on any atom is -0.375 e. The molecule has 0 saturated heterocycles. The van der Waals surface area contributed by atoms with Crippen molar-refractivity contribution in [3.63, 3.8) is 0 Å². The van der Waals surface area contributed by atoms with Crippen molar-refractivity contribution in [2.75, 3.05) is 0 Å². The van der Waals surface area contributed by atoms with E-state index in [0.717, 1.165) is 11.6 Å². The highest BCUT2D eigenvalue weighted by atomic mass is 31.0. The minimum atomic E-state index is 0.501. The summed E-state index contributed by atoms with van der Waals surface area (Å²) < 4.78 is 6.23. The molecule has 0 amide bonds. The van der Waals surface area contributed by atoms with E-state index in [-0.39, 0.29) is 0 Å². The van der Waals surface area contributed by atoms with Crippen LogP contribution in [0.3, 0.4) is 0 Å². The van der Waals surface area contributed by atoms with Crippen LogP contribution in [0, 0.1) is 5.92 Å². The molecule has 3 unspecified atom stereocenters. The van der Waals surface area contributed by atoms with Crippen molar-refractivity contribution in [1.29, 1.82) is 0 Å². The summed E-state index contributed by atoms with van der Waals surface area (Å²) in [6, 6.07) is 0. The predicted molar refractivity (Wildman–Crippen MR) is 75.0 cm³/mol. The van der Waals surface area contributed by atoms with Gasteiger partial charge in [-0.1, -0.05) is 20.8 Å². The monoisotopic (exact) mass is 244 g/mol.